The quantitative estimate of drug-likeness (QED) is 0.433. The molecule has 0 aliphatic rings. The lowest BCUT2D eigenvalue weighted by molar-refractivity contribution is 0.296. The van der Waals surface area contributed by atoms with Gasteiger partial charge in [0.2, 0.25) is 0 Å². The van der Waals surface area contributed by atoms with Gasteiger partial charge in [-0.05, 0) is 37.2 Å². The molecule has 0 saturated carbocycles. The van der Waals surface area contributed by atoms with Crippen LogP contribution in [0.25, 0.3) is 0 Å². The van der Waals surface area contributed by atoms with Gasteiger partial charge in [-0.2, -0.15) is 0 Å². The topological polar surface area (TPSA) is 21.3 Å². The predicted octanol–water partition coefficient (Wildman–Crippen LogP) is 6.54. The number of halogens is 3. The minimum absolute atomic E-state index is 0. The highest BCUT2D eigenvalue weighted by Crippen LogP contribution is 2.24. The Morgan fingerprint density at radius 3 is 2.54 bits per heavy atom. The third-order valence-electron chi connectivity index (χ3n) is 4.14. The van der Waals surface area contributed by atoms with Crippen LogP contribution in [0.5, 0.6) is 5.75 Å². The highest BCUT2D eigenvalue weighted by Gasteiger charge is 2.07. The average Bonchev–Trinajstić information content (AvgIpc) is 2.61. The first-order valence-corrected chi connectivity index (χ1v) is 9.44. The first-order valence-electron chi connectivity index (χ1n) is 9.06. The van der Waals surface area contributed by atoms with Crippen molar-refractivity contribution in [3.05, 3.63) is 64.4 Å². The van der Waals surface area contributed by atoms with Crippen LogP contribution < -0.4 is 10.1 Å². The predicted molar refractivity (Wildman–Crippen MR) is 110 cm³/mol. The van der Waals surface area contributed by atoms with Gasteiger partial charge < -0.3 is 10.1 Å². The Morgan fingerprint density at radius 2 is 1.77 bits per heavy atom. The van der Waals surface area contributed by atoms with Crippen LogP contribution in [0.15, 0.2) is 42.5 Å². The monoisotopic (exact) mass is 399 g/mol. The molecule has 2 aromatic carbocycles. The molecule has 5 heteroatoms. The van der Waals surface area contributed by atoms with Gasteiger partial charge in [-0.1, -0.05) is 62.4 Å². The Kier molecular flexibility index (Phi) is 11.3. The van der Waals surface area contributed by atoms with Crippen molar-refractivity contribution in [2.75, 3.05) is 6.54 Å². The summed E-state index contributed by atoms with van der Waals surface area (Å²) in [6.07, 6.45) is 6.30. The fourth-order valence-corrected chi connectivity index (χ4v) is 2.87. The van der Waals surface area contributed by atoms with Crippen LogP contribution in [0.3, 0.4) is 0 Å². The largest absolute Gasteiger partial charge is 0.488 e. The lowest BCUT2D eigenvalue weighted by Crippen LogP contribution is -2.15. The normalized spacial score (nSPS) is 10.4. The van der Waals surface area contributed by atoms with Crippen LogP contribution in [0.1, 0.15) is 50.2 Å². The number of benzene rings is 2. The molecule has 0 heterocycles. The van der Waals surface area contributed by atoms with Crippen LogP contribution in [-0.2, 0) is 13.2 Å². The van der Waals surface area contributed by atoms with Crippen LogP contribution in [0.4, 0.5) is 4.39 Å². The summed E-state index contributed by atoms with van der Waals surface area (Å²) < 4.78 is 19.5. The average molecular weight is 400 g/mol. The molecule has 0 aliphatic carbocycles. The summed E-state index contributed by atoms with van der Waals surface area (Å²) in [5, 5.41) is 4.12. The molecule has 0 aliphatic heterocycles. The van der Waals surface area contributed by atoms with Crippen LogP contribution in [0, 0.1) is 5.82 Å². The smallest absolute Gasteiger partial charge is 0.129 e. The molecule has 144 valence electrons. The second kappa shape index (κ2) is 13.0. The molecular formula is C21H28Cl2FNO. The minimum Gasteiger partial charge on any atom is -0.488 e. The van der Waals surface area contributed by atoms with Gasteiger partial charge in [0.15, 0.2) is 0 Å². The van der Waals surface area contributed by atoms with Crippen molar-refractivity contribution in [1.29, 1.82) is 0 Å². The number of unbranched alkanes of at least 4 members (excludes halogenated alkanes) is 4. The van der Waals surface area contributed by atoms with Gasteiger partial charge in [-0.15, -0.1) is 12.4 Å². The van der Waals surface area contributed by atoms with E-state index in [1.807, 2.05) is 18.2 Å². The zero-order valence-electron chi connectivity index (χ0n) is 15.3. The fourth-order valence-electron chi connectivity index (χ4n) is 2.67. The van der Waals surface area contributed by atoms with Gasteiger partial charge in [0.05, 0.1) is 0 Å². The van der Waals surface area contributed by atoms with Crippen molar-refractivity contribution in [2.24, 2.45) is 0 Å². The van der Waals surface area contributed by atoms with E-state index in [4.69, 9.17) is 16.3 Å². The van der Waals surface area contributed by atoms with Gasteiger partial charge in [0, 0.05) is 22.7 Å². The van der Waals surface area contributed by atoms with Gasteiger partial charge in [-0.25, -0.2) is 4.39 Å². The van der Waals surface area contributed by atoms with E-state index >= 15 is 0 Å². The molecule has 0 radical (unpaired) electrons. The minimum atomic E-state index is -0.247. The fraction of sp³-hybridized carbons (Fsp3) is 0.429. The van der Waals surface area contributed by atoms with Gasteiger partial charge >= 0.3 is 0 Å². The summed E-state index contributed by atoms with van der Waals surface area (Å²) in [5.74, 6) is 0.495. The Balaban J connectivity index is 0.00000338. The molecule has 1 N–H and O–H groups in total. The molecule has 0 amide bonds. The summed E-state index contributed by atoms with van der Waals surface area (Å²) in [6, 6.07) is 12.2. The van der Waals surface area contributed by atoms with Crippen molar-refractivity contribution in [3.63, 3.8) is 0 Å². The Labute approximate surface area is 167 Å². The molecule has 26 heavy (non-hydrogen) atoms. The summed E-state index contributed by atoms with van der Waals surface area (Å²) in [5.41, 5.74) is 1.55. The maximum absolute atomic E-state index is 13.7. The number of ether oxygens (including phenoxy) is 1. The van der Waals surface area contributed by atoms with Crippen molar-refractivity contribution in [3.8, 4) is 5.75 Å². The molecule has 0 saturated heterocycles. The Morgan fingerprint density at radius 1 is 1.00 bits per heavy atom. The molecule has 2 nitrogen and oxygen atoms in total. The maximum Gasteiger partial charge on any atom is 0.129 e. The number of hydrogen-bond acceptors (Lipinski definition) is 2. The lowest BCUT2D eigenvalue weighted by Gasteiger charge is -2.13. The molecule has 0 unspecified atom stereocenters. The zero-order chi connectivity index (χ0) is 17.9. The summed E-state index contributed by atoms with van der Waals surface area (Å²) in [6.45, 7) is 4.10. The first-order chi connectivity index (χ1) is 12.2. The summed E-state index contributed by atoms with van der Waals surface area (Å²) >= 11 is 6.11. The van der Waals surface area contributed by atoms with Gasteiger partial charge in [0.25, 0.3) is 0 Å². The van der Waals surface area contributed by atoms with Crippen LogP contribution in [-0.4, -0.2) is 6.54 Å². The van der Waals surface area contributed by atoms with Crippen LogP contribution >= 0.6 is 24.0 Å². The molecule has 0 spiro atoms. The Bertz CT molecular complexity index is 652. The van der Waals surface area contributed by atoms with Crippen LogP contribution in [0.2, 0.25) is 5.02 Å². The first kappa shape index (κ1) is 22.8. The molecule has 0 bridgehead atoms. The SMILES string of the molecule is CCCCCCCNCc1cc(Cl)ccc1OCc1ccccc1F.Cl. The number of hydrogen-bond donors (Lipinski definition) is 1. The molecular weight excluding hydrogens is 372 g/mol. The molecule has 2 rings (SSSR count). The lowest BCUT2D eigenvalue weighted by atomic mass is 10.1. The van der Waals surface area contributed by atoms with E-state index in [0.717, 1.165) is 17.9 Å². The van der Waals surface area contributed by atoms with E-state index in [9.17, 15) is 4.39 Å². The number of rotatable bonds is 11. The molecule has 0 fully saturated rings. The summed E-state index contributed by atoms with van der Waals surface area (Å²) in [7, 11) is 0. The molecule has 0 aromatic heterocycles. The van der Waals surface area contributed by atoms with Crippen molar-refractivity contribution < 1.29 is 9.13 Å². The van der Waals surface area contributed by atoms with Crippen molar-refractivity contribution in [2.45, 2.75) is 52.2 Å². The second-order valence-corrected chi connectivity index (χ2v) is 6.66. The second-order valence-electron chi connectivity index (χ2n) is 6.22. The standard InChI is InChI=1S/C21H27ClFNO.ClH/c1-2-3-4-5-8-13-24-15-18-14-19(22)11-12-21(18)25-16-17-9-6-7-10-20(17)23;/h6-7,9-12,14,24H,2-5,8,13,15-16H2,1H3;1H. The Hall–Kier alpha value is -1.29. The molecule has 2 aromatic rings. The third-order valence-corrected chi connectivity index (χ3v) is 4.37. The van der Waals surface area contributed by atoms with E-state index in [2.05, 4.69) is 12.2 Å². The van der Waals surface area contributed by atoms with E-state index in [0.29, 0.717) is 17.1 Å². The highest BCUT2D eigenvalue weighted by atomic mass is 35.5. The third kappa shape index (κ3) is 7.94. The van der Waals surface area contributed by atoms with E-state index < -0.39 is 0 Å². The van der Waals surface area contributed by atoms with E-state index in [1.54, 1.807) is 18.2 Å². The maximum atomic E-state index is 13.7. The summed E-state index contributed by atoms with van der Waals surface area (Å²) in [4.78, 5) is 0. The number of nitrogens with one attached hydrogen (secondary N) is 1. The van der Waals surface area contributed by atoms with Crippen molar-refractivity contribution >= 4 is 24.0 Å². The van der Waals surface area contributed by atoms with Gasteiger partial charge in [0.1, 0.15) is 18.2 Å². The van der Waals surface area contributed by atoms with Crippen molar-refractivity contribution in [1.82, 2.24) is 5.32 Å². The van der Waals surface area contributed by atoms with Gasteiger partial charge in [-0.3, -0.25) is 0 Å². The zero-order valence-corrected chi connectivity index (χ0v) is 16.8. The molecule has 0 atom stereocenters. The van der Waals surface area contributed by atoms with E-state index in [-0.39, 0.29) is 24.8 Å². The van der Waals surface area contributed by atoms with E-state index in [1.165, 1.54) is 38.2 Å². The highest BCUT2D eigenvalue weighted by molar-refractivity contribution is 6.30.